The highest BCUT2D eigenvalue weighted by Gasteiger charge is 2.47. The largest absolute Gasteiger partial charge is 0.346 e. The number of nitrogens with zero attached hydrogens (tertiary/aromatic N) is 3. The Bertz CT molecular complexity index is 1400. The molecule has 2 heterocycles. The Hall–Kier alpha value is -4.16. The molecule has 0 aromatic carbocycles. The Morgan fingerprint density at radius 2 is 1.66 bits per heavy atom. The Morgan fingerprint density at radius 3 is 2.24 bits per heavy atom. The van der Waals surface area contributed by atoms with Gasteiger partial charge >= 0.3 is 0 Å². The van der Waals surface area contributed by atoms with Gasteiger partial charge in [-0.25, -0.2) is 4.98 Å². The molecule has 4 N–H and O–H groups in total. The minimum atomic E-state index is -1.02. The van der Waals surface area contributed by atoms with Crippen molar-refractivity contribution in [2.45, 2.75) is 117 Å². The quantitative estimate of drug-likeness (QED) is 0.160. The number of hydrogen-bond donors (Lipinski definition) is 4. The van der Waals surface area contributed by atoms with Crippen LogP contribution in [0.5, 0.6) is 0 Å². The number of rotatable bonds is 15. The third-order valence-corrected chi connectivity index (χ3v) is 10.3. The third kappa shape index (κ3) is 10.2. The number of carbonyl (C=O) groups excluding carboxylic acids is 6. The van der Waals surface area contributed by atoms with E-state index in [1.54, 1.807) is 0 Å². The Kier molecular flexibility index (Phi) is 13.3. The Labute approximate surface area is 295 Å². The maximum absolute atomic E-state index is 14.6. The first kappa shape index (κ1) is 38.6. The van der Waals surface area contributed by atoms with Crippen LogP contribution in [-0.2, 0) is 24.0 Å². The van der Waals surface area contributed by atoms with Gasteiger partial charge in [0.15, 0.2) is 0 Å². The lowest BCUT2D eigenvalue weighted by Crippen LogP contribution is -2.62. The summed E-state index contributed by atoms with van der Waals surface area (Å²) in [5.41, 5.74) is -0.671. The predicted octanol–water partition coefficient (Wildman–Crippen LogP) is 2.72. The number of likely N-dealkylation sites (tertiary alicyclic amines) is 1. The molecule has 1 aromatic heterocycles. The highest BCUT2D eigenvalue weighted by atomic mass is 16.2. The van der Waals surface area contributed by atoms with Crippen LogP contribution in [0.2, 0.25) is 0 Å². The van der Waals surface area contributed by atoms with Crippen LogP contribution in [0.1, 0.15) is 103 Å². The lowest BCUT2D eigenvalue weighted by atomic mass is 9.82. The first-order chi connectivity index (χ1) is 23.7. The molecule has 50 heavy (non-hydrogen) atoms. The predicted molar refractivity (Wildman–Crippen MR) is 187 cm³/mol. The number of ketones is 1. The van der Waals surface area contributed by atoms with Crippen molar-refractivity contribution in [3.8, 4) is 0 Å². The number of nitrogens with one attached hydrogen (secondary N) is 4. The molecular weight excluding hydrogens is 638 g/mol. The Balaban J connectivity index is 1.57. The van der Waals surface area contributed by atoms with Gasteiger partial charge in [0.05, 0.1) is 12.2 Å². The van der Waals surface area contributed by atoms with Gasteiger partial charge in [0.2, 0.25) is 23.5 Å². The first-order valence-electron chi connectivity index (χ1n) is 18.1. The number of Topliss-reactive ketones (excluding diaryl/α,β-unsaturated/α-hetero) is 1. The number of amides is 5. The van der Waals surface area contributed by atoms with Gasteiger partial charge < -0.3 is 26.2 Å². The van der Waals surface area contributed by atoms with Gasteiger partial charge in [0.25, 0.3) is 11.8 Å². The fourth-order valence-corrected chi connectivity index (χ4v) is 6.98. The molecular formula is C37H55N7O6. The monoisotopic (exact) mass is 693 g/mol. The second kappa shape index (κ2) is 17.2. The molecule has 1 unspecified atom stereocenters. The van der Waals surface area contributed by atoms with Gasteiger partial charge in [0, 0.05) is 25.5 Å². The van der Waals surface area contributed by atoms with E-state index in [1.807, 2.05) is 34.6 Å². The second-order valence-electron chi connectivity index (χ2n) is 15.6. The summed E-state index contributed by atoms with van der Waals surface area (Å²) in [5, 5.41) is 11.2. The lowest BCUT2D eigenvalue weighted by Gasteiger charge is -2.37. The molecule has 274 valence electrons. The van der Waals surface area contributed by atoms with E-state index >= 15 is 0 Å². The summed E-state index contributed by atoms with van der Waals surface area (Å²) in [5.74, 6) is -3.13. The molecule has 0 spiro atoms. The van der Waals surface area contributed by atoms with E-state index in [0.717, 1.165) is 44.9 Å². The maximum Gasteiger partial charge on any atom is 0.289 e. The van der Waals surface area contributed by atoms with Crippen LogP contribution < -0.4 is 21.3 Å². The minimum Gasteiger partial charge on any atom is -0.346 e. The van der Waals surface area contributed by atoms with Gasteiger partial charge in [-0.15, -0.1) is 6.58 Å². The number of aromatic nitrogens is 2. The van der Waals surface area contributed by atoms with Crippen molar-refractivity contribution in [2.24, 2.45) is 29.1 Å². The van der Waals surface area contributed by atoms with Crippen molar-refractivity contribution in [1.82, 2.24) is 36.1 Å². The summed E-state index contributed by atoms with van der Waals surface area (Å²) >= 11 is 0. The standard InChI is InChI=1S/C37H55N7O6/c1-7-15-40-35(49)30(45)26(18-23-13-14-23)41-33(47)28-19-25(22(2)3)21-44(28)36(50)31(37(4,5)6)43-34(48)29(24-11-9-8-10-12-24)42-32(46)27-20-38-16-17-39-27/h7,16-17,20,22-26,28-29,31H,1,8-15,18-19,21H2,2-6H3,(H,40,49)(H,41,47)(H,42,46)(H,43,48)/t25-,26?,28+,29+,31-/m1/s1. The van der Waals surface area contributed by atoms with Crippen molar-refractivity contribution in [3.05, 3.63) is 36.9 Å². The average Bonchev–Trinajstić information content (AvgIpc) is 3.80. The molecule has 2 saturated carbocycles. The summed E-state index contributed by atoms with van der Waals surface area (Å²) in [7, 11) is 0. The van der Waals surface area contributed by atoms with Crippen LogP contribution in [0.4, 0.5) is 0 Å². The fourth-order valence-electron chi connectivity index (χ4n) is 6.98. The number of carbonyl (C=O) groups is 6. The van der Waals surface area contributed by atoms with Crippen LogP contribution in [0.15, 0.2) is 31.2 Å². The topological polar surface area (TPSA) is 180 Å². The molecule has 13 nitrogen and oxygen atoms in total. The van der Waals surface area contributed by atoms with Crippen LogP contribution >= 0.6 is 0 Å². The first-order valence-corrected chi connectivity index (χ1v) is 18.1. The normalized spacial score (nSPS) is 21.4. The molecule has 0 radical (unpaired) electrons. The van der Waals surface area contributed by atoms with Gasteiger partial charge in [-0.3, -0.25) is 33.8 Å². The smallest absolute Gasteiger partial charge is 0.289 e. The van der Waals surface area contributed by atoms with Crippen molar-refractivity contribution in [2.75, 3.05) is 13.1 Å². The molecule has 5 atom stereocenters. The van der Waals surface area contributed by atoms with Gasteiger partial charge in [-0.05, 0) is 54.8 Å². The van der Waals surface area contributed by atoms with E-state index in [2.05, 4.69) is 37.8 Å². The van der Waals surface area contributed by atoms with Crippen molar-refractivity contribution in [1.29, 1.82) is 0 Å². The molecule has 1 aliphatic heterocycles. The van der Waals surface area contributed by atoms with Crippen molar-refractivity contribution >= 4 is 35.3 Å². The van der Waals surface area contributed by atoms with E-state index in [9.17, 15) is 28.8 Å². The van der Waals surface area contributed by atoms with Crippen LogP contribution in [0, 0.1) is 29.1 Å². The van der Waals surface area contributed by atoms with E-state index in [4.69, 9.17) is 0 Å². The summed E-state index contributed by atoms with van der Waals surface area (Å²) in [6, 6.07) is -3.83. The zero-order chi connectivity index (χ0) is 36.6. The van der Waals surface area contributed by atoms with Crippen LogP contribution in [-0.4, -0.2) is 87.4 Å². The Morgan fingerprint density at radius 1 is 0.960 bits per heavy atom. The molecule has 1 saturated heterocycles. The highest BCUT2D eigenvalue weighted by Crippen LogP contribution is 2.35. The maximum atomic E-state index is 14.6. The van der Waals surface area contributed by atoms with E-state index in [1.165, 1.54) is 29.6 Å². The van der Waals surface area contributed by atoms with Crippen LogP contribution in [0.3, 0.4) is 0 Å². The van der Waals surface area contributed by atoms with Crippen molar-refractivity contribution in [3.63, 3.8) is 0 Å². The third-order valence-electron chi connectivity index (χ3n) is 10.3. The van der Waals surface area contributed by atoms with Gasteiger partial charge in [-0.1, -0.05) is 72.8 Å². The SMILES string of the molecule is C=CCNC(=O)C(=O)C(CC1CC1)NC(=O)[C@@H]1C[C@@H](C(C)C)CN1C(=O)[C@@H](NC(=O)[C@@H](NC(=O)c1cnccn1)C1CCCCC1)C(C)(C)C. The molecule has 4 rings (SSSR count). The zero-order valence-corrected chi connectivity index (χ0v) is 30.2. The van der Waals surface area contributed by atoms with E-state index in [0.29, 0.717) is 19.4 Å². The summed E-state index contributed by atoms with van der Waals surface area (Å²) in [6.45, 7) is 13.6. The molecule has 0 bridgehead atoms. The summed E-state index contributed by atoms with van der Waals surface area (Å²) < 4.78 is 0. The summed E-state index contributed by atoms with van der Waals surface area (Å²) in [6.07, 6.45) is 12.7. The molecule has 2 aliphatic carbocycles. The number of hydrogen-bond acceptors (Lipinski definition) is 8. The minimum absolute atomic E-state index is 0.000695. The van der Waals surface area contributed by atoms with E-state index in [-0.39, 0.29) is 35.9 Å². The second-order valence-corrected chi connectivity index (χ2v) is 15.6. The fraction of sp³-hybridized carbons (Fsp3) is 0.676. The van der Waals surface area contributed by atoms with E-state index < -0.39 is 64.9 Å². The van der Waals surface area contributed by atoms with Crippen molar-refractivity contribution < 1.29 is 28.8 Å². The molecule has 5 amide bonds. The molecule has 13 heteroatoms. The zero-order valence-electron chi connectivity index (χ0n) is 30.2. The highest BCUT2D eigenvalue weighted by molar-refractivity contribution is 6.38. The molecule has 1 aromatic rings. The lowest BCUT2D eigenvalue weighted by molar-refractivity contribution is -0.145. The van der Waals surface area contributed by atoms with Gasteiger partial charge in [-0.2, -0.15) is 0 Å². The molecule has 3 fully saturated rings. The average molecular weight is 694 g/mol. The summed E-state index contributed by atoms with van der Waals surface area (Å²) in [4.78, 5) is 91.2. The molecule has 3 aliphatic rings. The van der Waals surface area contributed by atoms with Crippen LogP contribution in [0.25, 0.3) is 0 Å². The van der Waals surface area contributed by atoms with Gasteiger partial charge in [0.1, 0.15) is 23.8 Å².